The third-order valence-corrected chi connectivity index (χ3v) is 13.5. The molecule has 1 saturated heterocycles. The molecule has 1 heterocycles. The molecular formula is C59H110O9. The average Bonchev–Trinajstić information content (AvgIpc) is 3.34. The minimum absolute atomic E-state index is 0.113. The zero-order chi connectivity index (χ0) is 49.2. The van der Waals surface area contributed by atoms with Gasteiger partial charge in [0.15, 0.2) is 6.29 Å². The maximum Gasteiger partial charge on any atom is 0.306 e. The molecule has 400 valence electrons. The van der Waals surface area contributed by atoms with Crippen molar-refractivity contribution in [2.75, 3.05) is 26.4 Å². The molecule has 9 heteroatoms. The summed E-state index contributed by atoms with van der Waals surface area (Å²) < 4.78 is 23.0. The van der Waals surface area contributed by atoms with Crippen LogP contribution in [0.3, 0.4) is 0 Å². The largest absolute Gasteiger partial charge is 0.457 e. The van der Waals surface area contributed by atoms with Gasteiger partial charge in [-0.15, -0.1) is 0 Å². The van der Waals surface area contributed by atoms with Crippen LogP contribution in [0.15, 0.2) is 36.5 Å². The lowest BCUT2D eigenvalue weighted by atomic mass is 9.99. The van der Waals surface area contributed by atoms with Crippen molar-refractivity contribution in [3.8, 4) is 0 Å². The summed E-state index contributed by atoms with van der Waals surface area (Å²) in [4.78, 5) is 12.9. The molecule has 0 bridgehead atoms. The molecule has 6 atom stereocenters. The molecule has 1 aliphatic rings. The van der Waals surface area contributed by atoms with Gasteiger partial charge in [-0.25, -0.2) is 0 Å². The molecule has 0 aliphatic carbocycles. The summed E-state index contributed by atoms with van der Waals surface area (Å²) in [5.74, 6) is -0.314. The highest BCUT2D eigenvalue weighted by atomic mass is 16.7. The Morgan fingerprint density at radius 3 is 1.28 bits per heavy atom. The van der Waals surface area contributed by atoms with E-state index in [1.165, 1.54) is 212 Å². The lowest BCUT2D eigenvalue weighted by Crippen LogP contribution is -2.59. The Kier molecular flexibility index (Phi) is 47.7. The third kappa shape index (κ3) is 40.1. The van der Waals surface area contributed by atoms with E-state index >= 15 is 0 Å². The van der Waals surface area contributed by atoms with Gasteiger partial charge in [0.1, 0.15) is 30.5 Å². The number of ether oxygens (including phenoxy) is 4. The van der Waals surface area contributed by atoms with Crippen LogP contribution in [0.2, 0.25) is 0 Å². The lowest BCUT2D eigenvalue weighted by Gasteiger charge is -2.39. The van der Waals surface area contributed by atoms with E-state index in [1.807, 2.05) is 0 Å². The predicted octanol–water partition coefficient (Wildman–Crippen LogP) is 15.0. The van der Waals surface area contributed by atoms with E-state index in [2.05, 4.69) is 50.3 Å². The Labute approximate surface area is 419 Å². The molecule has 0 saturated carbocycles. The number of hydrogen-bond donors (Lipinski definition) is 4. The van der Waals surface area contributed by atoms with Gasteiger partial charge >= 0.3 is 5.97 Å². The Balaban J connectivity index is 2.15. The summed E-state index contributed by atoms with van der Waals surface area (Å²) in [6.45, 7) is 4.59. The molecule has 0 aromatic heterocycles. The van der Waals surface area contributed by atoms with Crippen molar-refractivity contribution in [1.29, 1.82) is 0 Å². The summed E-state index contributed by atoms with van der Waals surface area (Å²) in [6.07, 6.45) is 56.2. The number of rotatable bonds is 51. The normalized spacial score (nSPS) is 19.3. The Morgan fingerprint density at radius 2 is 0.853 bits per heavy atom. The second kappa shape index (κ2) is 50.4. The van der Waals surface area contributed by atoms with Crippen LogP contribution >= 0.6 is 0 Å². The molecule has 0 aromatic carbocycles. The molecule has 68 heavy (non-hydrogen) atoms. The van der Waals surface area contributed by atoms with Gasteiger partial charge in [0.25, 0.3) is 0 Å². The number of carbonyl (C=O) groups is 1. The van der Waals surface area contributed by atoms with Crippen molar-refractivity contribution in [3.63, 3.8) is 0 Å². The molecule has 0 amide bonds. The molecule has 9 nitrogen and oxygen atoms in total. The fraction of sp³-hybridized carbons (Fsp3) is 0.881. The van der Waals surface area contributed by atoms with Gasteiger partial charge < -0.3 is 39.4 Å². The van der Waals surface area contributed by atoms with Crippen LogP contribution in [-0.2, 0) is 23.7 Å². The molecule has 0 spiro atoms. The first-order valence-corrected chi connectivity index (χ1v) is 29.1. The highest BCUT2D eigenvalue weighted by Crippen LogP contribution is 2.23. The van der Waals surface area contributed by atoms with Crippen LogP contribution in [0.5, 0.6) is 0 Å². The minimum atomic E-state index is -1.54. The predicted molar refractivity (Wildman–Crippen MR) is 284 cm³/mol. The Morgan fingerprint density at radius 1 is 0.471 bits per heavy atom. The summed E-state index contributed by atoms with van der Waals surface area (Å²) in [5, 5.41) is 40.4. The van der Waals surface area contributed by atoms with Crippen molar-refractivity contribution in [2.45, 2.75) is 307 Å². The topological polar surface area (TPSA) is 135 Å². The van der Waals surface area contributed by atoms with E-state index < -0.39 is 43.4 Å². The molecule has 4 N–H and O–H groups in total. The molecule has 1 rings (SSSR count). The van der Waals surface area contributed by atoms with Crippen LogP contribution < -0.4 is 0 Å². The van der Waals surface area contributed by atoms with E-state index in [4.69, 9.17) is 18.9 Å². The van der Waals surface area contributed by atoms with Gasteiger partial charge in [-0.1, -0.05) is 230 Å². The van der Waals surface area contributed by atoms with Gasteiger partial charge in [-0.3, -0.25) is 4.79 Å². The van der Waals surface area contributed by atoms with E-state index in [1.54, 1.807) is 0 Å². The fourth-order valence-corrected chi connectivity index (χ4v) is 8.99. The number of aliphatic hydroxyl groups excluding tert-OH is 4. The molecular weight excluding hydrogens is 853 g/mol. The summed E-state index contributed by atoms with van der Waals surface area (Å²) in [6, 6.07) is 0. The van der Waals surface area contributed by atoms with E-state index in [9.17, 15) is 25.2 Å². The van der Waals surface area contributed by atoms with Crippen LogP contribution in [0.4, 0.5) is 0 Å². The summed E-state index contributed by atoms with van der Waals surface area (Å²) in [7, 11) is 0. The third-order valence-electron chi connectivity index (χ3n) is 13.5. The van der Waals surface area contributed by atoms with Gasteiger partial charge in [0, 0.05) is 13.0 Å². The van der Waals surface area contributed by atoms with Crippen LogP contribution in [-0.4, -0.2) is 89.6 Å². The number of unbranched alkanes of at least 4 members (excludes halogenated alkanes) is 34. The number of esters is 1. The monoisotopic (exact) mass is 963 g/mol. The van der Waals surface area contributed by atoms with Crippen molar-refractivity contribution < 1.29 is 44.2 Å². The van der Waals surface area contributed by atoms with Crippen molar-refractivity contribution in [3.05, 3.63) is 36.5 Å². The number of hydrogen-bond acceptors (Lipinski definition) is 9. The van der Waals surface area contributed by atoms with Gasteiger partial charge in [-0.05, 0) is 70.6 Å². The standard InChI is InChI=1S/C59H110O9/c1-3-5-7-9-11-13-15-17-19-21-23-25-26-27-29-31-33-35-37-39-41-43-45-47-49-65-51-53(52-66-59-58(64)57(63)56(62)54(50-60)68-59)67-55(61)48-46-44-42-40-38-36-34-32-30-28-24-22-20-18-16-14-12-10-8-6-4-2/h16,18,21-24,53-54,56-60,62-64H,3-15,17,19-20,25-52H2,1-2H3/b18-16-,23-21-,24-22-. The molecule has 1 aliphatic heterocycles. The highest BCUT2D eigenvalue weighted by Gasteiger charge is 2.44. The van der Waals surface area contributed by atoms with Gasteiger partial charge in [0.05, 0.1) is 19.8 Å². The number of aliphatic hydroxyl groups is 4. The van der Waals surface area contributed by atoms with Gasteiger partial charge in [-0.2, -0.15) is 0 Å². The first kappa shape index (κ1) is 64.4. The van der Waals surface area contributed by atoms with E-state index in [0.717, 1.165) is 38.5 Å². The highest BCUT2D eigenvalue weighted by molar-refractivity contribution is 5.69. The average molecular weight is 964 g/mol. The van der Waals surface area contributed by atoms with Crippen LogP contribution in [0, 0.1) is 0 Å². The minimum Gasteiger partial charge on any atom is -0.457 e. The maximum absolute atomic E-state index is 12.9. The van der Waals surface area contributed by atoms with Crippen LogP contribution in [0.25, 0.3) is 0 Å². The maximum atomic E-state index is 12.9. The van der Waals surface area contributed by atoms with Crippen molar-refractivity contribution >= 4 is 5.97 Å². The van der Waals surface area contributed by atoms with Gasteiger partial charge in [0.2, 0.25) is 0 Å². The zero-order valence-corrected chi connectivity index (χ0v) is 44.4. The molecule has 1 fully saturated rings. The SMILES string of the molecule is CCCCCCC/C=C\C/C=C\CCCCCCCCCCCC(=O)OC(COCCCCCCCCCCCCCC/C=C\CCCCCCCCCC)COC1OC(CO)C(O)C(O)C1O. The fourth-order valence-electron chi connectivity index (χ4n) is 8.99. The zero-order valence-electron chi connectivity index (χ0n) is 44.4. The molecule has 0 radical (unpaired) electrons. The number of allylic oxidation sites excluding steroid dienone is 6. The first-order valence-electron chi connectivity index (χ1n) is 29.1. The second-order valence-electron chi connectivity index (χ2n) is 20.1. The summed E-state index contributed by atoms with van der Waals surface area (Å²) in [5.41, 5.74) is 0. The lowest BCUT2D eigenvalue weighted by molar-refractivity contribution is -0.305. The smallest absolute Gasteiger partial charge is 0.306 e. The second-order valence-corrected chi connectivity index (χ2v) is 20.1. The van der Waals surface area contributed by atoms with Crippen molar-refractivity contribution in [1.82, 2.24) is 0 Å². The molecule has 0 aromatic rings. The number of carbonyl (C=O) groups excluding carboxylic acids is 1. The Hall–Kier alpha value is -1.59. The van der Waals surface area contributed by atoms with E-state index in [-0.39, 0.29) is 19.2 Å². The summed E-state index contributed by atoms with van der Waals surface area (Å²) >= 11 is 0. The Bertz CT molecular complexity index is 1140. The van der Waals surface area contributed by atoms with E-state index in [0.29, 0.717) is 13.0 Å². The molecule has 6 unspecified atom stereocenters. The van der Waals surface area contributed by atoms with Crippen molar-refractivity contribution in [2.24, 2.45) is 0 Å². The first-order chi connectivity index (χ1) is 33.4. The van der Waals surface area contributed by atoms with Crippen LogP contribution in [0.1, 0.15) is 271 Å². The quantitative estimate of drug-likeness (QED) is 0.0267.